The van der Waals surface area contributed by atoms with E-state index in [-0.39, 0.29) is 0 Å². The van der Waals surface area contributed by atoms with E-state index in [1.807, 2.05) is 24.3 Å². The van der Waals surface area contributed by atoms with Crippen molar-refractivity contribution in [3.8, 4) is 5.75 Å². The second-order valence-electron chi connectivity index (χ2n) is 6.08. The van der Waals surface area contributed by atoms with Crippen molar-refractivity contribution in [1.82, 2.24) is 5.43 Å². The van der Waals surface area contributed by atoms with Gasteiger partial charge in [0.05, 0.1) is 13.3 Å². The molecule has 0 bridgehead atoms. The van der Waals surface area contributed by atoms with E-state index >= 15 is 0 Å². The molecule has 2 rings (SSSR count). The Bertz CT molecular complexity index is 729. The Morgan fingerprint density at radius 3 is 2.41 bits per heavy atom. The summed E-state index contributed by atoms with van der Waals surface area (Å²) in [5.41, 5.74) is 5.97. The van der Waals surface area contributed by atoms with E-state index in [1.165, 1.54) is 18.5 Å². The molecular weight excluding hydrogens is 356 g/mol. The second kappa shape index (κ2) is 11.2. The number of nitrogens with one attached hydrogen (secondary N) is 2. The summed E-state index contributed by atoms with van der Waals surface area (Å²) in [6.45, 7) is 6.51. The molecule has 144 valence electrons. The molecule has 0 aliphatic rings. The van der Waals surface area contributed by atoms with Gasteiger partial charge in [-0.05, 0) is 67.5 Å². The fourth-order valence-corrected chi connectivity index (χ4v) is 2.76. The molecule has 0 radical (unpaired) electrons. The van der Waals surface area contributed by atoms with Gasteiger partial charge in [0.2, 0.25) is 0 Å². The van der Waals surface area contributed by atoms with Crippen LogP contribution in [-0.4, -0.2) is 31.5 Å². The van der Waals surface area contributed by atoms with Crippen LogP contribution in [0.4, 0.5) is 11.4 Å². The molecule has 0 amide bonds. The van der Waals surface area contributed by atoms with Crippen LogP contribution in [0.2, 0.25) is 0 Å². The van der Waals surface area contributed by atoms with Crippen LogP contribution in [-0.2, 0) is 0 Å². The van der Waals surface area contributed by atoms with Crippen molar-refractivity contribution >= 4 is 34.9 Å². The number of anilines is 2. The maximum atomic E-state index is 5.25. The van der Waals surface area contributed by atoms with Gasteiger partial charge in [0.15, 0.2) is 5.11 Å². The third-order valence-corrected chi connectivity index (χ3v) is 4.34. The van der Waals surface area contributed by atoms with Gasteiger partial charge >= 0.3 is 0 Å². The van der Waals surface area contributed by atoms with Gasteiger partial charge in [-0.1, -0.05) is 25.5 Å². The average molecular weight is 385 g/mol. The third kappa shape index (κ3) is 6.90. The van der Waals surface area contributed by atoms with Crippen molar-refractivity contribution in [2.75, 3.05) is 30.4 Å². The number of methoxy groups -OCH3 is 1. The molecule has 2 aromatic rings. The predicted octanol–water partition coefficient (Wildman–Crippen LogP) is 4.64. The van der Waals surface area contributed by atoms with Gasteiger partial charge in [-0.3, -0.25) is 5.43 Å². The summed E-state index contributed by atoms with van der Waals surface area (Å²) >= 11 is 5.25. The molecular formula is C21H28N4OS. The minimum absolute atomic E-state index is 0.435. The lowest BCUT2D eigenvalue weighted by molar-refractivity contribution is 0.415. The highest BCUT2D eigenvalue weighted by atomic mass is 32.1. The van der Waals surface area contributed by atoms with Gasteiger partial charge in [0, 0.05) is 24.5 Å². The van der Waals surface area contributed by atoms with Crippen LogP contribution >= 0.6 is 12.2 Å². The van der Waals surface area contributed by atoms with Crippen LogP contribution in [0.3, 0.4) is 0 Å². The molecule has 0 unspecified atom stereocenters. The lowest BCUT2D eigenvalue weighted by atomic mass is 10.2. The first-order valence-electron chi connectivity index (χ1n) is 9.25. The Kier molecular flexibility index (Phi) is 8.58. The van der Waals surface area contributed by atoms with Crippen LogP contribution in [0.15, 0.2) is 53.6 Å². The van der Waals surface area contributed by atoms with E-state index in [2.05, 4.69) is 58.9 Å². The summed E-state index contributed by atoms with van der Waals surface area (Å²) in [6, 6.07) is 15.9. The van der Waals surface area contributed by atoms with E-state index in [0.29, 0.717) is 5.11 Å². The van der Waals surface area contributed by atoms with Crippen LogP contribution in [0.25, 0.3) is 0 Å². The Morgan fingerprint density at radius 2 is 1.81 bits per heavy atom. The van der Waals surface area contributed by atoms with Crippen molar-refractivity contribution in [2.24, 2.45) is 5.10 Å². The minimum Gasteiger partial charge on any atom is -0.497 e. The van der Waals surface area contributed by atoms with Gasteiger partial charge in [-0.25, -0.2) is 0 Å². The maximum Gasteiger partial charge on any atom is 0.191 e. The Labute approximate surface area is 167 Å². The van der Waals surface area contributed by atoms with E-state index < -0.39 is 0 Å². The van der Waals surface area contributed by atoms with Crippen LogP contribution in [0.1, 0.15) is 32.3 Å². The molecule has 0 atom stereocenters. The number of ether oxygens (including phenoxy) is 1. The molecule has 0 heterocycles. The number of unbranched alkanes of at least 4 members (excludes halogenated alkanes) is 1. The third-order valence-electron chi connectivity index (χ3n) is 4.15. The predicted molar refractivity (Wildman–Crippen MR) is 119 cm³/mol. The molecule has 0 saturated heterocycles. The van der Waals surface area contributed by atoms with Crippen LogP contribution in [0, 0.1) is 0 Å². The molecule has 5 nitrogen and oxygen atoms in total. The second-order valence-corrected chi connectivity index (χ2v) is 6.49. The van der Waals surface area contributed by atoms with Crippen molar-refractivity contribution < 1.29 is 4.74 Å². The van der Waals surface area contributed by atoms with E-state index in [1.54, 1.807) is 13.3 Å². The topological polar surface area (TPSA) is 48.9 Å². The Hall–Kier alpha value is -2.60. The average Bonchev–Trinajstić information content (AvgIpc) is 2.70. The fraction of sp³-hybridized carbons (Fsp3) is 0.333. The van der Waals surface area contributed by atoms with Gasteiger partial charge in [0.25, 0.3) is 0 Å². The van der Waals surface area contributed by atoms with Crippen LogP contribution < -0.4 is 20.4 Å². The van der Waals surface area contributed by atoms with Gasteiger partial charge in [0.1, 0.15) is 5.75 Å². The largest absolute Gasteiger partial charge is 0.497 e. The van der Waals surface area contributed by atoms with Gasteiger partial charge in [-0.2, -0.15) is 5.10 Å². The number of hydrogen-bond donors (Lipinski definition) is 2. The number of hydrogen-bond acceptors (Lipinski definition) is 4. The normalized spacial score (nSPS) is 10.6. The first kappa shape index (κ1) is 20.7. The number of benzene rings is 2. The molecule has 6 heteroatoms. The first-order valence-corrected chi connectivity index (χ1v) is 9.66. The number of thiocarbonyl (C=S) groups is 1. The van der Waals surface area contributed by atoms with Gasteiger partial charge < -0.3 is 15.0 Å². The minimum atomic E-state index is 0.435. The summed E-state index contributed by atoms with van der Waals surface area (Å²) in [7, 11) is 1.64. The van der Waals surface area contributed by atoms with Crippen LogP contribution in [0.5, 0.6) is 5.75 Å². The standard InChI is InChI=1S/C21H28N4OS/c1-4-6-15-25(5-2)19-11-7-17(8-12-19)16-22-24-21(27)23-18-9-13-20(26-3)14-10-18/h7-14,16H,4-6,15H2,1-3H3,(H2,23,24,27)/b22-16-. The summed E-state index contributed by atoms with van der Waals surface area (Å²) in [5.74, 6) is 0.803. The Balaban J connectivity index is 1.85. The highest BCUT2D eigenvalue weighted by Crippen LogP contribution is 2.16. The lowest BCUT2D eigenvalue weighted by Crippen LogP contribution is -2.24. The summed E-state index contributed by atoms with van der Waals surface area (Å²) in [4.78, 5) is 2.39. The lowest BCUT2D eigenvalue weighted by Gasteiger charge is -2.22. The highest BCUT2D eigenvalue weighted by molar-refractivity contribution is 7.80. The zero-order chi connectivity index (χ0) is 19.5. The van der Waals surface area contributed by atoms with E-state index in [4.69, 9.17) is 17.0 Å². The monoisotopic (exact) mass is 384 g/mol. The smallest absolute Gasteiger partial charge is 0.191 e. The number of hydrazone groups is 1. The zero-order valence-corrected chi connectivity index (χ0v) is 17.1. The Morgan fingerprint density at radius 1 is 1.11 bits per heavy atom. The molecule has 27 heavy (non-hydrogen) atoms. The molecule has 2 aromatic carbocycles. The summed E-state index contributed by atoms with van der Waals surface area (Å²) in [6.07, 6.45) is 4.17. The van der Waals surface area contributed by atoms with Gasteiger partial charge in [-0.15, -0.1) is 0 Å². The highest BCUT2D eigenvalue weighted by Gasteiger charge is 2.03. The molecule has 0 saturated carbocycles. The van der Waals surface area contributed by atoms with Crippen molar-refractivity contribution in [3.05, 3.63) is 54.1 Å². The molecule has 0 spiro atoms. The van der Waals surface area contributed by atoms with E-state index in [9.17, 15) is 0 Å². The fourth-order valence-electron chi connectivity index (χ4n) is 2.59. The molecule has 0 aliphatic heterocycles. The molecule has 2 N–H and O–H groups in total. The SMILES string of the molecule is CCCCN(CC)c1ccc(/C=N\NC(=S)Nc2ccc(OC)cc2)cc1. The molecule has 0 aliphatic carbocycles. The van der Waals surface area contributed by atoms with Crippen molar-refractivity contribution in [2.45, 2.75) is 26.7 Å². The quantitative estimate of drug-likeness (QED) is 0.375. The first-order chi connectivity index (χ1) is 13.2. The number of nitrogens with zero attached hydrogens (tertiary/aromatic N) is 2. The van der Waals surface area contributed by atoms with E-state index in [0.717, 1.165) is 30.1 Å². The zero-order valence-electron chi connectivity index (χ0n) is 16.2. The maximum absolute atomic E-state index is 5.25. The van der Waals surface area contributed by atoms with Crippen molar-refractivity contribution in [1.29, 1.82) is 0 Å². The molecule has 0 aromatic heterocycles. The molecule has 0 fully saturated rings. The number of rotatable bonds is 9. The van der Waals surface area contributed by atoms with Crippen molar-refractivity contribution in [3.63, 3.8) is 0 Å². The summed E-state index contributed by atoms with van der Waals surface area (Å²) in [5, 5.41) is 7.71. The summed E-state index contributed by atoms with van der Waals surface area (Å²) < 4.78 is 5.13.